The third kappa shape index (κ3) is 3.03. The van der Waals surface area contributed by atoms with Crippen molar-refractivity contribution in [1.29, 1.82) is 0 Å². The Balaban J connectivity index is 2.02. The van der Waals surface area contributed by atoms with Crippen LogP contribution in [0.3, 0.4) is 0 Å². The standard InChI is InChI=1S/C18H18N2O4/c1-11-17(18(22)20-19-11)13(10-16(21)23-2)15-9-8-14(24-15)12-6-4-3-5-7-12/h3-9,13H,10H2,1-2H3,(H2,19,20,22)/t13-/m0/s1. The summed E-state index contributed by atoms with van der Waals surface area (Å²) in [4.78, 5) is 23.9. The number of rotatable bonds is 5. The van der Waals surface area contributed by atoms with Crippen molar-refractivity contribution < 1.29 is 13.9 Å². The molecule has 0 spiro atoms. The maximum atomic E-state index is 12.1. The van der Waals surface area contributed by atoms with Crippen LogP contribution in [0.15, 0.2) is 51.7 Å². The molecule has 3 aromatic rings. The lowest BCUT2D eigenvalue weighted by Gasteiger charge is -2.12. The van der Waals surface area contributed by atoms with Crippen LogP contribution in [-0.2, 0) is 9.53 Å². The fraction of sp³-hybridized carbons (Fsp3) is 0.222. The van der Waals surface area contributed by atoms with E-state index in [1.165, 1.54) is 7.11 Å². The van der Waals surface area contributed by atoms with Gasteiger partial charge in [0.2, 0.25) is 0 Å². The van der Waals surface area contributed by atoms with Crippen LogP contribution < -0.4 is 5.56 Å². The van der Waals surface area contributed by atoms with Crippen molar-refractivity contribution in [2.24, 2.45) is 0 Å². The minimum Gasteiger partial charge on any atom is -0.469 e. The van der Waals surface area contributed by atoms with Gasteiger partial charge in [-0.2, -0.15) is 0 Å². The number of furan rings is 1. The molecule has 6 heteroatoms. The number of aromatic nitrogens is 2. The summed E-state index contributed by atoms with van der Waals surface area (Å²) in [6, 6.07) is 13.3. The number of H-pyrrole nitrogens is 2. The summed E-state index contributed by atoms with van der Waals surface area (Å²) in [6.45, 7) is 1.78. The molecular weight excluding hydrogens is 308 g/mol. The Morgan fingerprint density at radius 2 is 1.92 bits per heavy atom. The zero-order valence-electron chi connectivity index (χ0n) is 13.5. The van der Waals surface area contributed by atoms with Crippen molar-refractivity contribution >= 4 is 5.97 Å². The Kier molecular flexibility index (Phi) is 4.37. The molecule has 0 unspecified atom stereocenters. The number of benzene rings is 1. The molecule has 2 aromatic heterocycles. The van der Waals surface area contributed by atoms with Gasteiger partial charge in [0.15, 0.2) is 0 Å². The van der Waals surface area contributed by atoms with Gasteiger partial charge in [0.25, 0.3) is 5.56 Å². The van der Waals surface area contributed by atoms with Crippen LogP contribution in [0.5, 0.6) is 0 Å². The highest BCUT2D eigenvalue weighted by Crippen LogP contribution is 2.32. The summed E-state index contributed by atoms with van der Waals surface area (Å²) < 4.78 is 10.7. The third-order valence-electron chi connectivity index (χ3n) is 3.99. The Morgan fingerprint density at radius 3 is 2.54 bits per heavy atom. The number of hydrogen-bond acceptors (Lipinski definition) is 4. The number of esters is 1. The zero-order chi connectivity index (χ0) is 17.1. The summed E-state index contributed by atoms with van der Waals surface area (Å²) in [7, 11) is 1.32. The first-order chi connectivity index (χ1) is 11.6. The molecule has 3 rings (SSSR count). The third-order valence-corrected chi connectivity index (χ3v) is 3.99. The molecule has 0 saturated carbocycles. The quantitative estimate of drug-likeness (QED) is 0.706. The highest BCUT2D eigenvalue weighted by Gasteiger charge is 2.27. The SMILES string of the molecule is COC(=O)C[C@@H](c1ccc(-c2ccccc2)o1)c1c(C)[nH][nH]c1=O. The number of carbonyl (C=O) groups is 1. The van der Waals surface area contributed by atoms with Gasteiger partial charge in [-0.1, -0.05) is 30.3 Å². The number of nitrogens with one attached hydrogen (secondary N) is 2. The van der Waals surface area contributed by atoms with E-state index in [1.807, 2.05) is 36.4 Å². The van der Waals surface area contributed by atoms with Gasteiger partial charge < -0.3 is 14.3 Å². The molecule has 1 atom stereocenters. The number of aryl methyl sites for hydroxylation is 1. The number of ether oxygens (including phenoxy) is 1. The van der Waals surface area contributed by atoms with Gasteiger partial charge in [-0.15, -0.1) is 0 Å². The second-order valence-electron chi connectivity index (χ2n) is 5.52. The van der Waals surface area contributed by atoms with Crippen LogP contribution in [0, 0.1) is 6.92 Å². The predicted molar refractivity (Wildman–Crippen MR) is 88.8 cm³/mol. The van der Waals surface area contributed by atoms with E-state index in [4.69, 9.17) is 9.15 Å². The molecule has 2 N–H and O–H groups in total. The first-order valence-corrected chi connectivity index (χ1v) is 7.59. The molecular formula is C18H18N2O4. The van der Waals surface area contributed by atoms with E-state index in [9.17, 15) is 9.59 Å². The fourth-order valence-electron chi connectivity index (χ4n) is 2.77. The maximum absolute atomic E-state index is 12.1. The Morgan fingerprint density at radius 1 is 1.17 bits per heavy atom. The topological polar surface area (TPSA) is 88.1 Å². The van der Waals surface area contributed by atoms with Gasteiger partial charge in [-0.3, -0.25) is 14.7 Å². The zero-order valence-corrected chi connectivity index (χ0v) is 13.5. The monoisotopic (exact) mass is 326 g/mol. The molecule has 1 aromatic carbocycles. The molecule has 0 aliphatic rings. The normalized spacial score (nSPS) is 12.1. The largest absolute Gasteiger partial charge is 0.469 e. The minimum atomic E-state index is -0.509. The van der Waals surface area contributed by atoms with E-state index in [0.717, 1.165) is 5.56 Å². The van der Waals surface area contributed by atoms with Crippen molar-refractivity contribution in [1.82, 2.24) is 10.2 Å². The van der Waals surface area contributed by atoms with E-state index in [1.54, 1.807) is 13.0 Å². The summed E-state index contributed by atoms with van der Waals surface area (Å²) in [5.41, 5.74) is 1.82. The smallest absolute Gasteiger partial charge is 0.306 e. The predicted octanol–water partition coefficient (Wildman–Crippen LogP) is 2.97. The van der Waals surface area contributed by atoms with Crippen LogP contribution in [0.4, 0.5) is 0 Å². The molecule has 124 valence electrons. The fourth-order valence-corrected chi connectivity index (χ4v) is 2.77. The number of aromatic amines is 2. The van der Waals surface area contributed by atoms with Gasteiger partial charge in [0, 0.05) is 11.3 Å². The number of hydrogen-bond donors (Lipinski definition) is 2. The molecule has 0 bridgehead atoms. The van der Waals surface area contributed by atoms with Gasteiger partial charge in [-0.25, -0.2) is 0 Å². The van der Waals surface area contributed by atoms with Crippen molar-refractivity contribution in [2.75, 3.05) is 7.11 Å². The van der Waals surface area contributed by atoms with Gasteiger partial charge in [0.05, 0.1) is 25.0 Å². The highest BCUT2D eigenvalue weighted by molar-refractivity contribution is 5.71. The molecule has 2 heterocycles. The lowest BCUT2D eigenvalue weighted by Crippen LogP contribution is -2.16. The number of carbonyl (C=O) groups excluding carboxylic acids is 1. The molecule has 24 heavy (non-hydrogen) atoms. The second kappa shape index (κ2) is 6.62. The van der Waals surface area contributed by atoms with E-state index < -0.39 is 11.9 Å². The Hall–Kier alpha value is -3.02. The molecule has 0 radical (unpaired) electrons. The summed E-state index contributed by atoms with van der Waals surface area (Å²) in [6.07, 6.45) is 0.0278. The molecule has 0 saturated heterocycles. The number of methoxy groups -OCH3 is 1. The van der Waals surface area contributed by atoms with E-state index >= 15 is 0 Å². The summed E-state index contributed by atoms with van der Waals surface area (Å²) >= 11 is 0. The van der Waals surface area contributed by atoms with Crippen molar-refractivity contribution in [3.05, 3.63) is 69.8 Å². The second-order valence-corrected chi connectivity index (χ2v) is 5.52. The summed E-state index contributed by atoms with van der Waals surface area (Å²) in [5, 5.41) is 5.33. The van der Waals surface area contributed by atoms with Crippen molar-refractivity contribution in [2.45, 2.75) is 19.3 Å². The average molecular weight is 326 g/mol. The van der Waals surface area contributed by atoms with Crippen LogP contribution in [0.25, 0.3) is 11.3 Å². The first kappa shape index (κ1) is 15.9. The van der Waals surface area contributed by atoms with Gasteiger partial charge in [0.1, 0.15) is 11.5 Å². The average Bonchev–Trinajstić information content (AvgIpc) is 3.21. The molecule has 6 nitrogen and oxygen atoms in total. The van der Waals surface area contributed by atoms with Crippen LogP contribution in [0.2, 0.25) is 0 Å². The van der Waals surface area contributed by atoms with E-state index in [-0.39, 0.29) is 12.0 Å². The minimum absolute atomic E-state index is 0.0278. The summed E-state index contributed by atoms with van der Waals surface area (Å²) in [5.74, 6) is 0.320. The maximum Gasteiger partial charge on any atom is 0.306 e. The molecule has 0 aliphatic carbocycles. The first-order valence-electron chi connectivity index (χ1n) is 7.59. The lowest BCUT2D eigenvalue weighted by atomic mass is 9.93. The van der Waals surface area contributed by atoms with Crippen LogP contribution >= 0.6 is 0 Å². The van der Waals surface area contributed by atoms with Gasteiger partial charge in [-0.05, 0) is 19.1 Å². The van der Waals surface area contributed by atoms with Gasteiger partial charge >= 0.3 is 5.97 Å². The van der Waals surface area contributed by atoms with Crippen molar-refractivity contribution in [3.63, 3.8) is 0 Å². The molecule has 0 aliphatic heterocycles. The van der Waals surface area contributed by atoms with E-state index in [0.29, 0.717) is 22.8 Å². The Labute approximate surface area is 138 Å². The highest BCUT2D eigenvalue weighted by atomic mass is 16.5. The van der Waals surface area contributed by atoms with Crippen molar-refractivity contribution in [3.8, 4) is 11.3 Å². The van der Waals surface area contributed by atoms with Crippen LogP contribution in [-0.4, -0.2) is 23.3 Å². The van der Waals surface area contributed by atoms with Crippen LogP contribution in [0.1, 0.15) is 29.4 Å². The lowest BCUT2D eigenvalue weighted by molar-refractivity contribution is -0.140. The Bertz CT molecular complexity index is 889. The molecule has 0 amide bonds. The van der Waals surface area contributed by atoms with E-state index in [2.05, 4.69) is 10.2 Å². The molecule has 0 fully saturated rings.